The third kappa shape index (κ3) is 4.66. The third-order valence-electron chi connectivity index (χ3n) is 5.72. The predicted molar refractivity (Wildman–Crippen MR) is 123 cm³/mol. The summed E-state index contributed by atoms with van der Waals surface area (Å²) in [6, 6.07) is 13.3. The molecule has 3 aromatic rings. The number of ether oxygens (including phenoxy) is 2. The van der Waals surface area contributed by atoms with Gasteiger partial charge in [0.1, 0.15) is 11.6 Å². The smallest absolute Gasteiger partial charge is 0.243 e. The van der Waals surface area contributed by atoms with Crippen LogP contribution >= 0.6 is 0 Å². The van der Waals surface area contributed by atoms with Crippen molar-refractivity contribution in [2.45, 2.75) is 31.5 Å². The van der Waals surface area contributed by atoms with Gasteiger partial charge in [0.05, 0.1) is 42.8 Å². The molecular formula is C23H30N4O4S. The zero-order chi connectivity index (χ0) is 22.7. The molecule has 2 heterocycles. The lowest BCUT2D eigenvalue weighted by Crippen LogP contribution is -2.40. The number of hydrogen-bond acceptors (Lipinski definition) is 6. The number of nitrogens with zero attached hydrogens (tertiary/aromatic N) is 4. The number of rotatable bonds is 8. The van der Waals surface area contributed by atoms with Gasteiger partial charge in [-0.15, -0.1) is 0 Å². The minimum absolute atomic E-state index is 0.281. The molecule has 1 aromatic heterocycles. The molecule has 0 amide bonds. The second kappa shape index (κ2) is 9.58. The van der Waals surface area contributed by atoms with E-state index in [4.69, 9.17) is 14.5 Å². The summed E-state index contributed by atoms with van der Waals surface area (Å²) in [5.74, 6) is 1.75. The van der Waals surface area contributed by atoms with Crippen molar-refractivity contribution in [3.63, 3.8) is 0 Å². The van der Waals surface area contributed by atoms with Crippen LogP contribution in [0.25, 0.3) is 11.0 Å². The third-order valence-corrected chi connectivity index (χ3v) is 7.62. The van der Waals surface area contributed by atoms with E-state index >= 15 is 0 Å². The van der Waals surface area contributed by atoms with Gasteiger partial charge < -0.3 is 14.0 Å². The normalized spacial score (nSPS) is 15.5. The fourth-order valence-corrected chi connectivity index (χ4v) is 5.54. The summed E-state index contributed by atoms with van der Waals surface area (Å²) in [7, 11) is 0.163. The van der Waals surface area contributed by atoms with Crippen LogP contribution in [0.4, 0.5) is 0 Å². The first-order chi connectivity index (χ1) is 15.4. The summed E-state index contributed by atoms with van der Waals surface area (Å²) in [5.41, 5.74) is 2.80. The maximum absolute atomic E-state index is 13.0. The van der Waals surface area contributed by atoms with Gasteiger partial charge in [0.25, 0.3) is 0 Å². The minimum Gasteiger partial charge on any atom is -0.497 e. The van der Waals surface area contributed by atoms with Crippen molar-refractivity contribution in [1.29, 1.82) is 0 Å². The van der Waals surface area contributed by atoms with E-state index in [1.807, 2.05) is 31.3 Å². The zero-order valence-corrected chi connectivity index (χ0v) is 19.6. The summed E-state index contributed by atoms with van der Waals surface area (Å²) in [4.78, 5) is 7.28. The van der Waals surface area contributed by atoms with Crippen LogP contribution in [0.1, 0.15) is 18.3 Å². The van der Waals surface area contributed by atoms with E-state index in [9.17, 15) is 8.42 Å². The lowest BCUT2D eigenvalue weighted by atomic mass is 10.2. The SMILES string of the molecule is CCn1c(CN(C)Cc2cccc(OC)c2)nc2cc(S(=O)(=O)N3CCOCC3)ccc21. The maximum Gasteiger partial charge on any atom is 0.243 e. The minimum atomic E-state index is -3.55. The van der Waals surface area contributed by atoms with E-state index in [0.29, 0.717) is 38.4 Å². The lowest BCUT2D eigenvalue weighted by molar-refractivity contribution is 0.0730. The van der Waals surface area contributed by atoms with E-state index < -0.39 is 10.0 Å². The molecule has 8 nitrogen and oxygen atoms in total. The molecule has 172 valence electrons. The Bertz CT molecular complexity index is 1190. The molecule has 1 saturated heterocycles. The Kier molecular flexibility index (Phi) is 6.80. The van der Waals surface area contributed by atoms with E-state index in [1.54, 1.807) is 19.2 Å². The van der Waals surface area contributed by atoms with Crippen LogP contribution in [0.3, 0.4) is 0 Å². The van der Waals surface area contributed by atoms with Crippen molar-refractivity contribution in [1.82, 2.24) is 18.8 Å². The Hall–Kier alpha value is -2.46. The van der Waals surface area contributed by atoms with Crippen LogP contribution < -0.4 is 4.74 Å². The highest BCUT2D eigenvalue weighted by atomic mass is 32.2. The number of fused-ring (bicyclic) bond motifs is 1. The lowest BCUT2D eigenvalue weighted by Gasteiger charge is -2.26. The van der Waals surface area contributed by atoms with Crippen molar-refractivity contribution in [2.24, 2.45) is 0 Å². The van der Waals surface area contributed by atoms with Crippen molar-refractivity contribution >= 4 is 21.1 Å². The van der Waals surface area contributed by atoms with Crippen LogP contribution in [0.15, 0.2) is 47.4 Å². The molecule has 32 heavy (non-hydrogen) atoms. The van der Waals surface area contributed by atoms with E-state index in [-0.39, 0.29) is 4.90 Å². The molecule has 0 unspecified atom stereocenters. The summed E-state index contributed by atoms with van der Waals surface area (Å²) >= 11 is 0. The first kappa shape index (κ1) is 22.7. The average molecular weight is 459 g/mol. The first-order valence-corrected chi connectivity index (χ1v) is 12.2. The molecule has 9 heteroatoms. The van der Waals surface area contributed by atoms with Gasteiger partial charge >= 0.3 is 0 Å². The van der Waals surface area contributed by atoms with Gasteiger partial charge in [-0.3, -0.25) is 4.90 Å². The number of aryl methyl sites for hydroxylation is 1. The molecule has 0 atom stereocenters. The average Bonchev–Trinajstić information content (AvgIpc) is 3.15. The van der Waals surface area contributed by atoms with Crippen LogP contribution in [0, 0.1) is 0 Å². The summed E-state index contributed by atoms with van der Waals surface area (Å²) in [6.45, 7) is 5.84. The van der Waals surface area contributed by atoms with Gasteiger partial charge in [0.2, 0.25) is 10.0 Å². The second-order valence-electron chi connectivity index (χ2n) is 7.96. The fourth-order valence-electron chi connectivity index (χ4n) is 4.11. The Morgan fingerprint density at radius 2 is 1.91 bits per heavy atom. The quantitative estimate of drug-likeness (QED) is 0.517. The predicted octanol–water partition coefficient (Wildman–Crippen LogP) is 2.72. The van der Waals surface area contributed by atoms with E-state index in [2.05, 4.69) is 22.5 Å². The topological polar surface area (TPSA) is 76.9 Å². The molecule has 0 bridgehead atoms. The number of morpholine rings is 1. The van der Waals surface area contributed by atoms with Gasteiger partial charge in [-0.1, -0.05) is 12.1 Å². The maximum atomic E-state index is 13.0. The van der Waals surface area contributed by atoms with Crippen LogP contribution in [0.2, 0.25) is 0 Å². The molecular weight excluding hydrogens is 428 g/mol. The summed E-state index contributed by atoms with van der Waals surface area (Å²) in [5, 5.41) is 0. The summed E-state index contributed by atoms with van der Waals surface area (Å²) in [6.07, 6.45) is 0. The molecule has 0 spiro atoms. The van der Waals surface area contributed by atoms with E-state index in [0.717, 1.165) is 35.7 Å². The largest absolute Gasteiger partial charge is 0.497 e. The van der Waals surface area contributed by atoms with Gasteiger partial charge in [0, 0.05) is 26.2 Å². The number of methoxy groups -OCH3 is 1. The number of sulfonamides is 1. The van der Waals surface area contributed by atoms with Gasteiger partial charge in [-0.05, 0) is 49.9 Å². The summed E-state index contributed by atoms with van der Waals surface area (Å²) < 4.78 is 40.3. The number of aromatic nitrogens is 2. The van der Waals surface area contributed by atoms with Crippen molar-refractivity contribution < 1.29 is 17.9 Å². The standard InChI is InChI=1S/C23H30N4O4S/c1-4-27-22-9-8-20(32(28,29)26-10-12-31-13-11-26)15-21(22)24-23(27)17-25(2)16-18-6-5-7-19(14-18)30-3/h5-9,14-15H,4,10-13,16-17H2,1-3H3. The molecule has 0 saturated carbocycles. The molecule has 1 aliphatic rings. The molecule has 2 aromatic carbocycles. The van der Waals surface area contributed by atoms with Gasteiger partial charge in [0.15, 0.2) is 0 Å². The molecule has 0 aliphatic carbocycles. The molecule has 1 fully saturated rings. The number of hydrogen-bond donors (Lipinski definition) is 0. The van der Waals surface area contributed by atoms with Crippen LogP contribution in [-0.2, 0) is 34.4 Å². The number of imidazole rings is 1. The number of benzene rings is 2. The highest BCUT2D eigenvalue weighted by molar-refractivity contribution is 7.89. The van der Waals surface area contributed by atoms with Crippen molar-refractivity contribution in [3.05, 3.63) is 53.9 Å². The van der Waals surface area contributed by atoms with Crippen molar-refractivity contribution in [2.75, 3.05) is 40.5 Å². The van der Waals surface area contributed by atoms with Gasteiger partial charge in [-0.25, -0.2) is 13.4 Å². The fraction of sp³-hybridized carbons (Fsp3) is 0.435. The van der Waals surface area contributed by atoms with E-state index in [1.165, 1.54) is 4.31 Å². The van der Waals surface area contributed by atoms with Crippen LogP contribution in [-0.4, -0.2) is 67.6 Å². The Morgan fingerprint density at radius 1 is 1.12 bits per heavy atom. The molecule has 4 rings (SSSR count). The van der Waals surface area contributed by atoms with Crippen molar-refractivity contribution in [3.8, 4) is 5.75 Å². The highest BCUT2D eigenvalue weighted by Gasteiger charge is 2.27. The van der Waals surface area contributed by atoms with Gasteiger partial charge in [-0.2, -0.15) is 4.31 Å². The zero-order valence-electron chi connectivity index (χ0n) is 18.8. The monoisotopic (exact) mass is 458 g/mol. The Labute approximate surface area is 189 Å². The Balaban J connectivity index is 1.58. The molecule has 1 aliphatic heterocycles. The van der Waals surface area contributed by atoms with Crippen LogP contribution in [0.5, 0.6) is 5.75 Å². The second-order valence-corrected chi connectivity index (χ2v) is 9.90. The highest BCUT2D eigenvalue weighted by Crippen LogP contribution is 2.24. The molecule has 0 radical (unpaired) electrons. The molecule has 0 N–H and O–H groups in total. The first-order valence-electron chi connectivity index (χ1n) is 10.8. The Morgan fingerprint density at radius 3 is 2.62 bits per heavy atom.